The second-order valence-corrected chi connectivity index (χ2v) is 7.70. The molecule has 0 saturated heterocycles. The third-order valence-electron chi connectivity index (χ3n) is 5.86. The van der Waals surface area contributed by atoms with Gasteiger partial charge in [-0.2, -0.15) is 0 Å². The summed E-state index contributed by atoms with van der Waals surface area (Å²) in [7, 11) is 0. The summed E-state index contributed by atoms with van der Waals surface area (Å²) < 4.78 is 0. The molecule has 2 heteroatoms. The lowest BCUT2D eigenvalue weighted by molar-refractivity contribution is -0.122. The van der Waals surface area contributed by atoms with Crippen molar-refractivity contribution in [2.45, 2.75) is 37.6 Å². The molecular formula is C26H27NO. The number of rotatable bonds is 6. The summed E-state index contributed by atoms with van der Waals surface area (Å²) in [5, 5.41) is 3.43. The molecule has 1 aliphatic rings. The van der Waals surface area contributed by atoms with E-state index in [0.717, 1.165) is 11.1 Å². The van der Waals surface area contributed by atoms with E-state index in [1.165, 1.54) is 31.2 Å². The van der Waals surface area contributed by atoms with Crippen molar-refractivity contribution in [3.8, 4) is 0 Å². The van der Waals surface area contributed by atoms with Crippen LogP contribution in [0.2, 0.25) is 0 Å². The average molecular weight is 370 g/mol. The SMILES string of the molecule is O=C(NC(c1ccccc1)C1CCCC1)C(c1ccccc1)c1ccccc1. The van der Waals surface area contributed by atoms with Crippen molar-refractivity contribution in [2.75, 3.05) is 0 Å². The first-order chi connectivity index (χ1) is 13.8. The molecule has 0 radical (unpaired) electrons. The maximum Gasteiger partial charge on any atom is 0.232 e. The van der Waals surface area contributed by atoms with Gasteiger partial charge in [0, 0.05) is 0 Å². The Morgan fingerprint density at radius 2 is 1.11 bits per heavy atom. The van der Waals surface area contributed by atoms with Crippen LogP contribution in [0.3, 0.4) is 0 Å². The molecule has 1 fully saturated rings. The molecular weight excluding hydrogens is 342 g/mol. The highest BCUT2D eigenvalue weighted by atomic mass is 16.2. The van der Waals surface area contributed by atoms with Crippen LogP contribution in [0.15, 0.2) is 91.0 Å². The first-order valence-electron chi connectivity index (χ1n) is 10.3. The van der Waals surface area contributed by atoms with E-state index in [0.29, 0.717) is 5.92 Å². The van der Waals surface area contributed by atoms with E-state index in [1.807, 2.05) is 66.7 Å². The molecule has 0 aromatic heterocycles. The minimum atomic E-state index is -0.296. The lowest BCUT2D eigenvalue weighted by atomic mass is 9.87. The van der Waals surface area contributed by atoms with Gasteiger partial charge < -0.3 is 5.32 Å². The fourth-order valence-electron chi connectivity index (χ4n) is 4.45. The third-order valence-corrected chi connectivity index (χ3v) is 5.86. The molecule has 1 atom stereocenters. The van der Waals surface area contributed by atoms with Crippen LogP contribution in [0, 0.1) is 5.92 Å². The van der Waals surface area contributed by atoms with E-state index in [-0.39, 0.29) is 17.9 Å². The normalized spacial score (nSPS) is 15.5. The molecule has 28 heavy (non-hydrogen) atoms. The molecule has 1 N–H and O–H groups in total. The van der Waals surface area contributed by atoms with Crippen LogP contribution in [-0.4, -0.2) is 5.91 Å². The summed E-state index contributed by atoms with van der Waals surface area (Å²) in [6.07, 6.45) is 4.87. The first-order valence-corrected chi connectivity index (χ1v) is 10.3. The Labute approximate surface area is 167 Å². The van der Waals surface area contributed by atoms with Crippen LogP contribution in [0.5, 0.6) is 0 Å². The van der Waals surface area contributed by atoms with Crippen LogP contribution < -0.4 is 5.32 Å². The van der Waals surface area contributed by atoms with E-state index in [2.05, 4.69) is 29.6 Å². The number of amides is 1. The number of hydrogen-bond acceptors (Lipinski definition) is 1. The van der Waals surface area contributed by atoms with Crippen LogP contribution in [-0.2, 0) is 4.79 Å². The number of carbonyl (C=O) groups is 1. The predicted octanol–water partition coefficient (Wildman–Crippen LogP) is 5.87. The molecule has 0 aliphatic heterocycles. The molecule has 3 aromatic carbocycles. The van der Waals surface area contributed by atoms with Gasteiger partial charge in [0.25, 0.3) is 0 Å². The molecule has 1 aliphatic carbocycles. The van der Waals surface area contributed by atoms with Crippen molar-refractivity contribution >= 4 is 5.91 Å². The molecule has 3 aromatic rings. The van der Waals surface area contributed by atoms with E-state index >= 15 is 0 Å². The molecule has 0 heterocycles. The largest absolute Gasteiger partial charge is 0.348 e. The minimum absolute atomic E-state index is 0.0751. The first kappa shape index (κ1) is 18.5. The minimum Gasteiger partial charge on any atom is -0.348 e. The van der Waals surface area contributed by atoms with Crippen molar-refractivity contribution in [2.24, 2.45) is 5.92 Å². The van der Waals surface area contributed by atoms with Crippen molar-refractivity contribution in [1.82, 2.24) is 5.32 Å². The fourth-order valence-corrected chi connectivity index (χ4v) is 4.45. The second kappa shape index (κ2) is 8.88. The number of nitrogens with one attached hydrogen (secondary N) is 1. The zero-order valence-electron chi connectivity index (χ0n) is 16.1. The Morgan fingerprint density at radius 3 is 1.57 bits per heavy atom. The Bertz CT molecular complexity index is 831. The van der Waals surface area contributed by atoms with Crippen LogP contribution in [0.25, 0.3) is 0 Å². The molecule has 2 nitrogen and oxygen atoms in total. The Kier molecular flexibility index (Phi) is 5.86. The van der Waals surface area contributed by atoms with E-state index in [1.54, 1.807) is 0 Å². The predicted molar refractivity (Wildman–Crippen MR) is 114 cm³/mol. The summed E-state index contributed by atoms with van der Waals surface area (Å²) in [6, 6.07) is 30.7. The number of hydrogen-bond donors (Lipinski definition) is 1. The average Bonchev–Trinajstić information content (AvgIpc) is 3.29. The molecule has 1 amide bonds. The molecule has 0 spiro atoms. The van der Waals surface area contributed by atoms with Crippen LogP contribution >= 0.6 is 0 Å². The summed E-state index contributed by atoms with van der Waals surface area (Å²) in [6.45, 7) is 0. The standard InChI is InChI=1S/C26H27NO/c28-26(24(20-12-4-1-5-13-20)21-14-6-2-7-15-21)27-25(23-18-10-11-19-23)22-16-8-3-9-17-22/h1-9,12-17,23-25H,10-11,18-19H2,(H,27,28). The van der Waals surface area contributed by atoms with Gasteiger partial charge in [-0.15, -0.1) is 0 Å². The van der Waals surface area contributed by atoms with Gasteiger partial charge in [0.2, 0.25) is 5.91 Å². The maximum atomic E-state index is 13.6. The number of carbonyl (C=O) groups excluding carboxylic acids is 1. The quantitative estimate of drug-likeness (QED) is 0.579. The highest BCUT2D eigenvalue weighted by Crippen LogP contribution is 2.36. The van der Waals surface area contributed by atoms with E-state index in [4.69, 9.17) is 0 Å². The van der Waals surface area contributed by atoms with Crippen molar-refractivity contribution in [3.63, 3.8) is 0 Å². The van der Waals surface area contributed by atoms with Crippen LogP contribution in [0.1, 0.15) is 54.3 Å². The molecule has 1 saturated carbocycles. The molecule has 4 rings (SSSR count). The van der Waals surface area contributed by atoms with Crippen molar-refractivity contribution in [3.05, 3.63) is 108 Å². The summed E-state index contributed by atoms with van der Waals surface area (Å²) in [5.41, 5.74) is 3.27. The topological polar surface area (TPSA) is 29.1 Å². The van der Waals surface area contributed by atoms with Gasteiger partial charge in [-0.1, -0.05) is 104 Å². The highest BCUT2D eigenvalue weighted by molar-refractivity contribution is 5.87. The van der Waals surface area contributed by atoms with Gasteiger partial charge >= 0.3 is 0 Å². The lowest BCUT2D eigenvalue weighted by Crippen LogP contribution is -2.36. The smallest absolute Gasteiger partial charge is 0.232 e. The van der Waals surface area contributed by atoms with Gasteiger partial charge in [0.05, 0.1) is 12.0 Å². The zero-order chi connectivity index (χ0) is 19.2. The van der Waals surface area contributed by atoms with E-state index in [9.17, 15) is 4.79 Å². The molecule has 1 unspecified atom stereocenters. The summed E-state index contributed by atoms with van der Waals surface area (Å²) >= 11 is 0. The van der Waals surface area contributed by atoms with Gasteiger partial charge in [-0.3, -0.25) is 4.79 Å². The molecule has 0 bridgehead atoms. The van der Waals surface area contributed by atoms with E-state index < -0.39 is 0 Å². The lowest BCUT2D eigenvalue weighted by Gasteiger charge is -2.28. The van der Waals surface area contributed by atoms with Gasteiger partial charge in [0.15, 0.2) is 0 Å². The number of benzene rings is 3. The van der Waals surface area contributed by atoms with Gasteiger partial charge in [0.1, 0.15) is 0 Å². The van der Waals surface area contributed by atoms with Crippen molar-refractivity contribution in [1.29, 1.82) is 0 Å². The Balaban J connectivity index is 1.65. The van der Waals surface area contributed by atoms with Gasteiger partial charge in [-0.25, -0.2) is 0 Å². The fraction of sp³-hybridized carbons (Fsp3) is 0.269. The maximum absolute atomic E-state index is 13.6. The summed E-state index contributed by atoms with van der Waals surface area (Å²) in [4.78, 5) is 13.6. The third kappa shape index (κ3) is 4.17. The summed E-state index contributed by atoms with van der Waals surface area (Å²) in [5.74, 6) is 0.298. The van der Waals surface area contributed by atoms with Crippen LogP contribution in [0.4, 0.5) is 0 Å². The second-order valence-electron chi connectivity index (χ2n) is 7.70. The Morgan fingerprint density at radius 1 is 0.679 bits per heavy atom. The zero-order valence-corrected chi connectivity index (χ0v) is 16.1. The molecule has 142 valence electrons. The monoisotopic (exact) mass is 369 g/mol. The van der Waals surface area contributed by atoms with Crippen molar-refractivity contribution < 1.29 is 4.79 Å². The van der Waals surface area contributed by atoms with Gasteiger partial charge in [-0.05, 0) is 35.4 Å². The highest BCUT2D eigenvalue weighted by Gasteiger charge is 2.31. The Hall–Kier alpha value is -2.87.